The van der Waals surface area contributed by atoms with E-state index in [2.05, 4.69) is 10.3 Å². The largest absolute Gasteiger partial charge is 0.497 e. The first kappa shape index (κ1) is 16.1. The zero-order valence-corrected chi connectivity index (χ0v) is 14.2. The number of fused-ring (bicyclic) bond motifs is 1. The number of ether oxygens (including phenoxy) is 2. The Morgan fingerprint density at radius 3 is 3.00 bits per heavy atom. The fraction of sp³-hybridized carbons (Fsp3) is 0.176. The minimum atomic E-state index is -0.198. The highest BCUT2D eigenvalue weighted by molar-refractivity contribution is 7.15. The number of benzene rings is 1. The molecule has 24 heavy (non-hydrogen) atoms. The van der Waals surface area contributed by atoms with Crippen molar-refractivity contribution in [3.05, 3.63) is 53.3 Å². The van der Waals surface area contributed by atoms with Crippen molar-refractivity contribution in [2.24, 2.45) is 0 Å². The van der Waals surface area contributed by atoms with Crippen LogP contribution in [0.25, 0.3) is 11.0 Å². The van der Waals surface area contributed by atoms with Gasteiger partial charge >= 0.3 is 0 Å². The van der Waals surface area contributed by atoms with E-state index in [1.54, 1.807) is 43.8 Å². The molecule has 6 nitrogen and oxygen atoms in total. The van der Waals surface area contributed by atoms with Crippen LogP contribution in [0.1, 0.15) is 11.3 Å². The molecule has 1 aromatic carbocycles. The Balaban J connectivity index is 1.63. The lowest BCUT2D eigenvalue weighted by Gasteiger charge is -2.07. The zero-order chi connectivity index (χ0) is 16.9. The normalized spacial score (nSPS) is 11.1. The number of hydrogen-bond acceptors (Lipinski definition) is 5. The molecule has 0 atom stereocenters. The molecule has 0 aliphatic heterocycles. The molecule has 2 aromatic heterocycles. The van der Waals surface area contributed by atoms with E-state index in [1.807, 2.05) is 28.2 Å². The molecule has 3 aromatic rings. The van der Waals surface area contributed by atoms with Gasteiger partial charge in [-0.3, -0.25) is 9.20 Å². The monoisotopic (exact) mass is 343 g/mol. The van der Waals surface area contributed by atoms with Gasteiger partial charge in [0.1, 0.15) is 11.5 Å². The average Bonchev–Trinajstić information content (AvgIpc) is 3.19. The molecular formula is C17H17N3O3S. The third-order valence-electron chi connectivity index (χ3n) is 3.44. The summed E-state index contributed by atoms with van der Waals surface area (Å²) in [5, 5.41) is 4.78. The molecule has 7 heteroatoms. The molecule has 0 saturated heterocycles. The third kappa shape index (κ3) is 3.57. The van der Waals surface area contributed by atoms with Crippen molar-refractivity contribution in [3.8, 4) is 11.5 Å². The lowest BCUT2D eigenvalue weighted by atomic mass is 10.1. The van der Waals surface area contributed by atoms with E-state index in [0.29, 0.717) is 18.0 Å². The first-order valence-corrected chi connectivity index (χ1v) is 8.16. The third-order valence-corrected chi connectivity index (χ3v) is 4.21. The Bertz CT molecular complexity index is 854. The summed E-state index contributed by atoms with van der Waals surface area (Å²) < 4.78 is 12.4. The van der Waals surface area contributed by atoms with Gasteiger partial charge in [-0.2, -0.15) is 0 Å². The van der Waals surface area contributed by atoms with Gasteiger partial charge in [0.05, 0.1) is 26.5 Å². The lowest BCUT2D eigenvalue weighted by Crippen LogP contribution is -2.20. The molecule has 0 unspecified atom stereocenters. The van der Waals surface area contributed by atoms with Crippen molar-refractivity contribution < 1.29 is 14.3 Å². The summed E-state index contributed by atoms with van der Waals surface area (Å²) in [7, 11) is 3.18. The van der Waals surface area contributed by atoms with Crippen molar-refractivity contribution in [1.82, 2.24) is 14.7 Å². The molecule has 124 valence electrons. The van der Waals surface area contributed by atoms with Crippen LogP contribution in [0.3, 0.4) is 0 Å². The Kier molecular flexibility index (Phi) is 4.81. The highest BCUT2D eigenvalue weighted by Crippen LogP contribution is 2.25. The smallest absolute Gasteiger partial charge is 0.244 e. The summed E-state index contributed by atoms with van der Waals surface area (Å²) in [4.78, 5) is 17.3. The van der Waals surface area contributed by atoms with Gasteiger partial charge in [0.15, 0.2) is 4.96 Å². The SMILES string of the molecule is COc1ccc(OC)c(/C=C/C(=O)NCc2cn3ccsc3n2)c1. The van der Waals surface area contributed by atoms with E-state index in [1.165, 1.54) is 6.08 Å². The molecule has 1 N–H and O–H groups in total. The van der Waals surface area contributed by atoms with Crippen LogP contribution in [0.15, 0.2) is 42.0 Å². The Morgan fingerprint density at radius 2 is 2.25 bits per heavy atom. The van der Waals surface area contributed by atoms with Crippen molar-refractivity contribution in [1.29, 1.82) is 0 Å². The quantitative estimate of drug-likeness (QED) is 0.699. The molecule has 3 rings (SSSR count). The molecule has 1 amide bonds. The first-order valence-electron chi connectivity index (χ1n) is 7.28. The van der Waals surface area contributed by atoms with Gasteiger partial charge < -0.3 is 14.8 Å². The average molecular weight is 343 g/mol. The summed E-state index contributed by atoms with van der Waals surface area (Å²) in [6.45, 7) is 0.382. The van der Waals surface area contributed by atoms with Crippen LogP contribution >= 0.6 is 11.3 Å². The minimum Gasteiger partial charge on any atom is -0.497 e. The maximum absolute atomic E-state index is 12.0. The van der Waals surface area contributed by atoms with Crippen LogP contribution in [0.5, 0.6) is 11.5 Å². The Hall–Kier alpha value is -2.80. The van der Waals surface area contributed by atoms with Crippen molar-refractivity contribution in [2.45, 2.75) is 6.54 Å². The summed E-state index contributed by atoms with van der Waals surface area (Å²) in [5.74, 6) is 1.18. The van der Waals surface area contributed by atoms with E-state index >= 15 is 0 Å². The van der Waals surface area contributed by atoms with Gasteiger partial charge in [-0.1, -0.05) is 0 Å². The van der Waals surface area contributed by atoms with Gasteiger partial charge in [0.25, 0.3) is 0 Å². The number of hydrogen-bond donors (Lipinski definition) is 1. The standard InChI is InChI=1S/C17H17N3O3S/c1-22-14-4-5-15(23-2)12(9-14)3-6-16(21)18-10-13-11-20-7-8-24-17(20)19-13/h3-9,11H,10H2,1-2H3,(H,18,21)/b6-3+. The maximum Gasteiger partial charge on any atom is 0.244 e. The predicted molar refractivity (Wildman–Crippen MR) is 93.5 cm³/mol. The lowest BCUT2D eigenvalue weighted by molar-refractivity contribution is -0.116. The van der Waals surface area contributed by atoms with Crippen molar-refractivity contribution >= 4 is 28.3 Å². The van der Waals surface area contributed by atoms with Crippen LogP contribution in [-0.4, -0.2) is 29.5 Å². The van der Waals surface area contributed by atoms with Crippen molar-refractivity contribution in [2.75, 3.05) is 14.2 Å². The molecule has 0 fully saturated rings. The highest BCUT2D eigenvalue weighted by Gasteiger charge is 2.05. The molecule has 0 radical (unpaired) electrons. The van der Waals surface area contributed by atoms with Crippen LogP contribution in [0, 0.1) is 0 Å². The molecule has 0 aliphatic rings. The van der Waals surface area contributed by atoms with Gasteiger partial charge in [0.2, 0.25) is 5.91 Å². The molecule has 0 bridgehead atoms. The van der Waals surface area contributed by atoms with E-state index in [-0.39, 0.29) is 5.91 Å². The number of nitrogens with one attached hydrogen (secondary N) is 1. The van der Waals surface area contributed by atoms with Gasteiger partial charge in [-0.15, -0.1) is 11.3 Å². The van der Waals surface area contributed by atoms with E-state index in [0.717, 1.165) is 16.2 Å². The van der Waals surface area contributed by atoms with Crippen LogP contribution in [-0.2, 0) is 11.3 Å². The number of nitrogens with zero attached hydrogens (tertiary/aromatic N) is 2. The number of aromatic nitrogens is 2. The zero-order valence-electron chi connectivity index (χ0n) is 13.4. The van der Waals surface area contributed by atoms with E-state index in [9.17, 15) is 4.79 Å². The number of amides is 1. The Labute approximate surface area is 143 Å². The summed E-state index contributed by atoms with van der Waals surface area (Å²) in [6.07, 6.45) is 7.01. The second kappa shape index (κ2) is 7.18. The fourth-order valence-corrected chi connectivity index (χ4v) is 2.95. The highest BCUT2D eigenvalue weighted by atomic mass is 32.1. The molecule has 0 saturated carbocycles. The van der Waals surface area contributed by atoms with E-state index in [4.69, 9.17) is 9.47 Å². The molecule has 2 heterocycles. The fourth-order valence-electron chi connectivity index (χ4n) is 2.23. The number of imidazole rings is 1. The second-order valence-electron chi connectivity index (χ2n) is 4.98. The summed E-state index contributed by atoms with van der Waals surface area (Å²) in [5.41, 5.74) is 1.59. The number of rotatable bonds is 6. The number of carbonyl (C=O) groups is 1. The molecule has 0 aliphatic carbocycles. The van der Waals surface area contributed by atoms with Crippen LogP contribution < -0.4 is 14.8 Å². The minimum absolute atomic E-state index is 0.198. The summed E-state index contributed by atoms with van der Waals surface area (Å²) >= 11 is 1.56. The molecular weight excluding hydrogens is 326 g/mol. The number of carbonyl (C=O) groups excluding carboxylic acids is 1. The number of thiazole rings is 1. The Morgan fingerprint density at radius 1 is 1.38 bits per heavy atom. The predicted octanol–water partition coefficient (Wildman–Crippen LogP) is 2.74. The van der Waals surface area contributed by atoms with Gasteiger partial charge in [-0.05, 0) is 24.3 Å². The van der Waals surface area contributed by atoms with Crippen molar-refractivity contribution in [3.63, 3.8) is 0 Å². The van der Waals surface area contributed by atoms with Crippen LogP contribution in [0.4, 0.5) is 0 Å². The van der Waals surface area contributed by atoms with E-state index < -0.39 is 0 Å². The number of methoxy groups -OCH3 is 2. The second-order valence-corrected chi connectivity index (χ2v) is 5.86. The molecule has 0 spiro atoms. The first-order chi connectivity index (χ1) is 11.7. The van der Waals surface area contributed by atoms with Gasteiger partial charge in [-0.25, -0.2) is 4.98 Å². The van der Waals surface area contributed by atoms with Crippen LogP contribution in [0.2, 0.25) is 0 Å². The topological polar surface area (TPSA) is 64.9 Å². The maximum atomic E-state index is 12.0. The summed E-state index contributed by atoms with van der Waals surface area (Å²) in [6, 6.07) is 5.42. The van der Waals surface area contributed by atoms with Gasteiger partial charge in [0, 0.05) is 29.4 Å².